The van der Waals surface area contributed by atoms with Crippen LogP contribution < -0.4 is 10.5 Å². The first-order valence-electron chi connectivity index (χ1n) is 7.08. The second-order valence-corrected chi connectivity index (χ2v) is 6.08. The minimum absolute atomic E-state index is 0.00939. The fraction of sp³-hybridized carbons (Fsp3) is 0.533. The van der Waals surface area contributed by atoms with Crippen molar-refractivity contribution in [2.45, 2.75) is 19.4 Å². The Bertz CT molecular complexity index is 488. The molecular weight excluding hydrogens is 336 g/mol. The number of amides is 1. The molecule has 21 heavy (non-hydrogen) atoms. The van der Waals surface area contributed by atoms with Gasteiger partial charge in [-0.2, -0.15) is 0 Å². The van der Waals surface area contributed by atoms with Crippen molar-refractivity contribution in [3.05, 3.63) is 28.2 Å². The first kappa shape index (κ1) is 16.3. The van der Waals surface area contributed by atoms with Gasteiger partial charge in [-0.1, -0.05) is 6.07 Å². The molecular formula is C15H21BrN2O3. The molecule has 5 nitrogen and oxygen atoms in total. The molecule has 2 N–H and O–H groups in total. The van der Waals surface area contributed by atoms with Gasteiger partial charge in [0.15, 0.2) is 6.61 Å². The molecule has 2 rings (SSSR count). The van der Waals surface area contributed by atoms with Crippen LogP contribution in [0.3, 0.4) is 0 Å². The van der Waals surface area contributed by atoms with Crippen LogP contribution in [0.4, 0.5) is 0 Å². The second kappa shape index (κ2) is 7.77. The summed E-state index contributed by atoms with van der Waals surface area (Å²) in [4.78, 5) is 13.8. The lowest BCUT2D eigenvalue weighted by Gasteiger charge is -2.26. The highest BCUT2D eigenvalue weighted by Crippen LogP contribution is 2.26. The highest BCUT2D eigenvalue weighted by molar-refractivity contribution is 9.10. The molecule has 1 heterocycles. The van der Waals surface area contributed by atoms with Crippen molar-refractivity contribution in [3.8, 4) is 5.75 Å². The zero-order valence-electron chi connectivity index (χ0n) is 12.2. The van der Waals surface area contributed by atoms with E-state index in [0.29, 0.717) is 32.1 Å². The summed E-state index contributed by atoms with van der Waals surface area (Å²) in [6.45, 7) is 4.49. The minimum Gasteiger partial charge on any atom is -0.483 e. The van der Waals surface area contributed by atoms with E-state index in [1.807, 2.05) is 25.1 Å². The zero-order chi connectivity index (χ0) is 15.2. The number of hydrogen-bond acceptors (Lipinski definition) is 4. The van der Waals surface area contributed by atoms with E-state index in [0.717, 1.165) is 16.5 Å². The quantitative estimate of drug-likeness (QED) is 0.869. The fourth-order valence-corrected chi connectivity index (χ4v) is 2.74. The highest BCUT2D eigenvalue weighted by atomic mass is 79.9. The van der Waals surface area contributed by atoms with E-state index in [1.165, 1.54) is 0 Å². The van der Waals surface area contributed by atoms with Crippen molar-refractivity contribution < 1.29 is 14.3 Å². The molecule has 0 aromatic heterocycles. The van der Waals surface area contributed by atoms with Crippen LogP contribution in [-0.4, -0.2) is 49.8 Å². The van der Waals surface area contributed by atoms with Gasteiger partial charge in [0.2, 0.25) is 0 Å². The number of carbonyl (C=O) groups excluding carboxylic acids is 1. The van der Waals surface area contributed by atoms with Crippen molar-refractivity contribution in [2.24, 2.45) is 5.73 Å². The van der Waals surface area contributed by atoms with Crippen LogP contribution in [0.5, 0.6) is 5.75 Å². The van der Waals surface area contributed by atoms with Crippen LogP contribution in [0.15, 0.2) is 22.7 Å². The Morgan fingerprint density at radius 2 is 2.19 bits per heavy atom. The minimum atomic E-state index is -0.00939. The first-order valence-corrected chi connectivity index (χ1v) is 7.88. The number of ether oxygens (including phenoxy) is 2. The van der Waals surface area contributed by atoms with Crippen molar-refractivity contribution >= 4 is 21.8 Å². The summed E-state index contributed by atoms with van der Waals surface area (Å²) in [6, 6.07) is 5.95. The molecule has 1 aliphatic heterocycles. The van der Waals surface area contributed by atoms with E-state index in [-0.39, 0.29) is 18.6 Å². The van der Waals surface area contributed by atoms with Gasteiger partial charge < -0.3 is 20.1 Å². The topological polar surface area (TPSA) is 64.8 Å². The Morgan fingerprint density at radius 3 is 2.81 bits per heavy atom. The predicted octanol–water partition coefficient (Wildman–Crippen LogP) is 1.58. The van der Waals surface area contributed by atoms with Gasteiger partial charge >= 0.3 is 0 Å². The van der Waals surface area contributed by atoms with E-state index in [4.69, 9.17) is 15.2 Å². The van der Waals surface area contributed by atoms with Crippen molar-refractivity contribution in [1.29, 1.82) is 0 Å². The van der Waals surface area contributed by atoms with Crippen LogP contribution in [-0.2, 0) is 16.0 Å². The Hall–Kier alpha value is -1.11. The number of hydrogen-bond donors (Lipinski definition) is 1. The number of carbonyl (C=O) groups is 1. The summed E-state index contributed by atoms with van der Waals surface area (Å²) in [5, 5.41) is 0. The van der Waals surface area contributed by atoms with Crippen LogP contribution in [0.2, 0.25) is 0 Å². The SMILES string of the molecule is CC(N)Cc1ccc(OCC(=O)N2CCOCC2)c(Br)c1. The fourth-order valence-electron chi connectivity index (χ4n) is 2.20. The maximum Gasteiger partial charge on any atom is 0.260 e. The van der Waals surface area contributed by atoms with Crippen LogP contribution in [0.25, 0.3) is 0 Å². The third-order valence-corrected chi connectivity index (χ3v) is 3.89. The van der Waals surface area contributed by atoms with Crippen LogP contribution in [0, 0.1) is 0 Å². The van der Waals surface area contributed by atoms with E-state index in [2.05, 4.69) is 15.9 Å². The average molecular weight is 357 g/mol. The van der Waals surface area contributed by atoms with Crippen LogP contribution in [0.1, 0.15) is 12.5 Å². The molecule has 0 spiro atoms. The molecule has 1 saturated heterocycles. The zero-order valence-corrected chi connectivity index (χ0v) is 13.8. The highest BCUT2D eigenvalue weighted by Gasteiger charge is 2.17. The molecule has 1 aliphatic rings. The van der Waals surface area contributed by atoms with Gasteiger partial charge in [0.05, 0.1) is 17.7 Å². The Balaban J connectivity index is 1.89. The standard InChI is InChI=1S/C15H21BrN2O3/c1-11(17)8-12-2-3-14(13(16)9-12)21-10-15(19)18-4-6-20-7-5-18/h2-3,9,11H,4-8,10,17H2,1H3. The molecule has 116 valence electrons. The maximum absolute atomic E-state index is 12.0. The molecule has 0 radical (unpaired) electrons. The van der Waals surface area contributed by atoms with Gasteiger partial charge in [0.25, 0.3) is 5.91 Å². The molecule has 1 unspecified atom stereocenters. The molecule has 0 bridgehead atoms. The number of nitrogens with zero attached hydrogens (tertiary/aromatic N) is 1. The molecule has 0 saturated carbocycles. The van der Waals surface area contributed by atoms with E-state index in [1.54, 1.807) is 4.90 Å². The second-order valence-electron chi connectivity index (χ2n) is 5.23. The van der Waals surface area contributed by atoms with Gasteiger partial charge in [-0.15, -0.1) is 0 Å². The Kier molecular flexibility index (Phi) is 6.02. The number of rotatable bonds is 5. The van der Waals surface area contributed by atoms with Crippen molar-refractivity contribution in [2.75, 3.05) is 32.9 Å². The van der Waals surface area contributed by atoms with Crippen molar-refractivity contribution in [1.82, 2.24) is 4.90 Å². The largest absolute Gasteiger partial charge is 0.483 e. The summed E-state index contributed by atoms with van der Waals surface area (Å²) in [6.07, 6.45) is 0.811. The van der Waals surface area contributed by atoms with E-state index >= 15 is 0 Å². The molecule has 1 atom stereocenters. The molecule has 1 aromatic carbocycles. The number of benzene rings is 1. The summed E-state index contributed by atoms with van der Waals surface area (Å²) in [7, 11) is 0. The molecule has 1 aromatic rings. The lowest BCUT2D eigenvalue weighted by Crippen LogP contribution is -2.43. The van der Waals surface area contributed by atoms with E-state index < -0.39 is 0 Å². The lowest BCUT2D eigenvalue weighted by atomic mass is 10.1. The molecule has 1 amide bonds. The van der Waals surface area contributed by atoms with E-state index in [9.17, 15) is 4.79 Å². The smallest absolute Gasteiger partial charge is 0.260 e. The number of nitrogens with two attached hydrogens (primary N) is 1. The molecule has 0 aliphatic carbocycles. The Labute approximate surface area is 133 Å². The maximum atomic E-state index is 12.0. The first-order chi connectivity index (χ1) is 10.1. The predicted molar refractivity (Wildman–Crippen MR) is 84.4 cm³/mol. The van der Waals surface area contributed by atoms with Gasteiger partial charge in [0.1, 0.15) is 5.75 Å². The monoisotopic (exact) mass is 356 g/mol. The van der Waals surface area contributed by atoms with Gasteiger partial charge in [-0.25, -0.2) is 0 Å². The number of halogens is 1. The number of morpholine rings is 1. The summed E-state index contributed by atoms with van der Waals surface area (Å²) >= 11 is 3.47. The third kappa shape index (κ3) is 4.98. The lowest BCUT2D eigenvalue weighted by molar-refractivity contribution is -0.137. The van der Waals surface area contributed by atoms with Gasteiger partial charge in [-0.05, 0) is 47.0 Å². The van der Waals surface area contributed by atoms with Gasteiger partial charge in [0, 0.05) is 19.1 Å². The summed E-state index contributed by atoms with van der Waals surface area (Å²) in [5.74, 6) is 0.662. The third-order valence-electron chi connectivity index (χ3n) is 3.27. The normalized spacial score (nSPS) is 16.6. The molecule has 1 fully saturated rings. The summed E-state index contributed by atoms with van der Waals surface area (Å²) < 4.78 is 11.7. The van der Waals surface area contributed by atoms with Crippen LogP contribution >= 0.6 is 15.9 Å². The Morgan fingerprint density at radius 1 is 1.48 bits per heavy atom. The van der Waals surface area contributed by atoms with Crippen molar-refractivity contribution in [3.63, 3.8) is 0 Å². The summed E-state index contributed by atoms with van der Waals surface area (Å²) in [5.41, 5.74) is 6.93. The molecule has 6 heteroatoms. The van der Waals surface area contributed by atoms with Gasteiger partial charge in [-0.3, -0.25) is 4.79 Å². The average Bonchev–Trinajstić information content (AvgIpc) is 2.46.